The van der Waals surface area contributed by atoms with Gasteiger partial charge in [-0.2, -0.15) is 13.2 Å². The fourth-order valence-electron chi connectivity index (χ4n) is 8.35. The molecule has 17 heteroatoms. The Hall–Kier alpha value is -4.41. The number of amides is 4. The van der Waals surface area contributed by atoms with Crippen LogP contribution in [-0.4, -0.2) is 89.4 Å². The van der Waals surface area contributed by atoms with E-state index in [9.17, 15) is 40.8 Å². The molecule has 5 aliphatic rings. The number of halogens is 3. The monoisotopic (exact) mass is 789 g/mol. The zero-order valence-corrected chi connectivity index (χ0v) is 31.6. The van der Waals surface area contributed by atoms with Gasteiger partial charge in [0.1, 0.15) is 29.0 Å². The van der Waals surface area contributed by atoms with E-state index < -0.39 is 80.5 Å². The van der Waals surface area contributed by atoms with Crippen molar-refractivity contribution < 1.29 is 50.2 Å². The van der Waals surface area contributed by atoms with Gasteiger partial charge in [-0.15, -0.1) is 0 Å². The van der Waals surface area contributed by atoms with Crippen LogP contribution in [0.1, 0.15) is 88.8 Å². The number of ether oxygens (including phenoxy) is 2. The number of pyridine rings is 1. The van der Waals surface area contributed by atoms with Crippen molar-refractivity contribution in [1.82, 2.24) is 25.2 Å². The van der Waals surface area contributed by atoms with Crippen molar-refractivity contribution in [3.8, 4) is 5.75 Å². The highest BCUT2D eigenvalue weighted by atomic mass is 32.2. The van der Waals surface area contributed by atoms with E-state index >= 15 is 0 Å². The van der Waals surface area contributed by atoms with Crippen LogP contribution in [-0.2, 0) is 35.6 Å². The van der Waals surface area contributed by atoms with Crippen molar-refractivity contribution in [3.63, 3.8) is 0 Å². The molecule has 1 saturated heterocycles. The molecule has 4 heterocycles. The molecule has 5 unspecified atom stereocenters. The Kier molecular flexibility index (Phi) is 10.1. The summed E-state index contributed by atoms with van der Waals surface area (Å²) >= 11 is 0. The van der Waals surface area contributed by atoms with Crippen molar-refractivity contribution in [2.24, 2.45) is 5.92 Å². The average molecular weight is 790 g/mol. The van der Waals surface area contributed by atoms with Gasteiger partial charge in [0.15, 0.2) is 6.61 Å². The molecule has 3 aliphatic heterocycles. The fraction of sp³-hybridized carbons (Fsp3) is 0.605. The minimum absolute atomic E-state index is 0.0178. The summed E-state index contributed by atoms with van der Waals surface area (Å²) in [4.78, 5) is 61.9. The van der Waals surface area contributed by atoms with Crippen molar-refractivity contribution in [2.75, 3.05) is 13.2 Å². The predicted molar refractivity (Wildman–Crippen MR) is 193 cm³/mol. The molecule has 1 aromatic carbocycles. The number of aromatic nitrogens is 1. The summed E-state index contributed by atoms with van der Waals surface area (Å²) in [6, 6.07) is 5.05. The topological polar surface area (TPSA) is 173 Å². The Bertz CT molecular complexity index is 2040. The molecule has 1 spiro atoms. The van der Waals surface area contributed by atoms with Crippen molar-refractivity contribution >= 4 is 44.7 Å². The maximum atomic E-state index is 14.6. The molecule has 1 aromatic heterocycles. The largest absolute Gasteiger partial charge is 0.483 e. The third-order valence-electron chi connectivity index (χ3n) is 12.0. The summed E-state index contributed by atoms with van der Waals surface area (Å²) in [5.41, 5.74) is -0.389. The molecule has 55 heavy (non-hydrogen) atoms. The van der Waals surface area contributed by atoms with Gasteiger partial charge in [0.05, 0.1) is 22.5 Å². The first kappa shape index (κ1) is 38.8. The van der Waals surface area contributed by atoms with Crippen LogP contribution in [0.25, 0.3) is 10.9 Å². The van der Waals surface area contributed by atoms with E-state index in [0.29, 0.717) is 69.2 Å². The molecule has 3 N–H and O–H groups in total. The number of aryl methyl sites for hydroxylation is 2. The van der Waals surface area contributed by atoms with Crippen LogP contribution in [0.5, 0.6) is 5.75 Å². The Balaban J connectivity index is 1.23. The highest BCUT2D eigenvalue weighted by Gasteiger charge is 2.59. The molecule has 3 fully saturated rings. The number of fused-ring (bicyclic) bond motifs is 5. The molecule has 5 atom stereocenters. The molecule has 2 aromatic rings. The number of nitrogens with one attached hydrogen (secondary N) is 3. The second-order valence-electron chi connectivity index (χ2n) is 15.9. The van der Waals surface area contributed by atoms with Gasteiger partial charge in [0.2, 0.25) is 21.8 Å². The number of alkyl carbamates (subject to hydrolysis) is 1. The second-order valence-corrected chi connectivity index (χ2v) is 18.1. The Labute approximate surface area is 317 Å². The molecule has 7 rings (SSSR count). The first-order valence-corrected chi connectivity index (χ1v) is 20.4. The lowest BCUT2D eigenvalue weighted by Gasteiger charge is -2.48. The summed E-state index contributed by atoms with van der Waals surface area (Å²) in [6.07, 6.45) is 2.16. The molecular formula is C38H46F3N5O8S. The van der Waals surface area contributed by atoms with Gasteiger partial charge in [-0.1, -0.05) is 43.2 Å². The third-order valence-corrected chi connectivity index (χ3v) is 14.2. The quantitative estimate of drug-likeness (QED) is 0.365. The maximum Gasteiger partial charge on any atom is 0.422 e. The van der Waals surface area contributed by atoms with Crippen LogP contribution in [0, 0.1) is 12.8 Å². The number of benzene rings is 1. The molecular weight excluding hydrogens is 744 g/mol. The fourth-order valence-corrected chi connectivity index (χ4v) is 9.66. The summed E-state index contributed by atoms with van der Waals surface area (Å²) in [6.45, 7) is 1.41. The maximum absolute atomic E-state index is 14.6. The minimum Gasteiger partial charge on any atom is -0.483 e. The van der Waals surface area contributed by atoms with Crippen LogP contribution in [0.3, 0.4) is 0 Å². The highest BCUT2D eigenvalue weighted by Crippen LogP contribution is 2.47. The van der Waals surface area contributed by atoms with Gasteiger partial charge in [0.25, 0.3) is 5.91 Å². The number of hydrogen-bond acceptors (Lipinski definition) is 9. The Morgan fingerprint density at radius 1 is 1.09 bits per heavy atom. The minimum atomic E-state index is -4.79. The summed E-state index contributed by atoms with van der Waals surface area (Å²) in [7, 11) is -4.06. The third kappa shape index (κ3) is 7.60. The van der Waals surface area contributed by atoms with E-state index in [1.165, 1.54) is 4.90 Å². The van der Waals surface area contributed by atoms with E-state index in [0.717, 1.165) is 16.5 Å². The SMILES string of the molecule is Cc1nc2ccccc2c2c1OC1(CC2)CC2C(=O)NC3(C(=O)NS(=O)(=O)C4(C)CC4)CCC3C=CCCCCCC(NC(=O)OCC(F)(F)F)C(=O)N2C1. The predicted octanol–water partition coefficient (Wildman–Crippen LogP) is 4.65. The van der Waals surface area contributed by atoms with Crippen LogP contribution in [0.2, 0.25) is 0 Å². The van der Waals surface area contributed by atoms with Crippen LogP contribution in [0.4, 0.5) is 18.0 Å². The lowest BCUT2D eigenvalue weighted by atomic mass is 9.65. The van der Waals surface area contributed by atoms with E-state index in [1.54, 1.807) is 6.92 Å². The number of para-hydroxylation sites is 1. The first-order chi connectivity index (χ1) is 25.9. The Morgan fingerprint density at radius 2 is 1.85 bits per heavy atom. The van der Waals surface area contributed by atoms with Gasteiger partial charge in [-0.25, -0.2) is 18.2 Å². The van der Waals surface area contributed by atoms with E-state index in [-0.39, 0.29) is 25.8 Å². The number of carbonyl (C=O) groups is 4. The van der Waals surface area contributed by atoms with E-state index in [1.807, 2.05) is 43.3 Å². The Morgan fingerprint density at radius 3 is 2.56 bits per heavy atom. The van der Waals surface area contributed by atoms with Crippen molar-refractivity contribution in [2.45, 2.75) is 125 Å². The number of alkyl halides is 3. The molecule has 13 nitrogen and oxygen atoms in total. The number of carbonyl (C=O) groups excluding carboxylic acids is 4. The van der Waals surface area contributed by atoms with Gasteiger partial charge in [-0.3, -0.25) is 19.1 Å². The smallest absolute Gasteiger partial charge is 0.422 e. The standard InChI is InChI=1S/C38H46F3N5O8S/c1-23-30-26(25-11-8-9-12-27(25)42-23)15-16-36(54-30)20-29-31(47)44-37(33(49)45-55(51,52)35(2)18-19-35)17-14-24(37)10-6-4-3-5-7-13-28(32(48)46(29)21-36)43-34(50)53-22-38(39,40)41/h6,8-12,24,28-29H,3-5,7,13-22H2,1-2H3,(H,43,50)(H,44,47)(H,45,49). The molecule has 2 saturated carbocycles. The number of rotatable bonds is 5. The lowest BCUT2D eigenvalue weighted by Crippen LogP contribution is -2.70. The van der Waals surface area contributed by atoms with Crippen LogP contribution in [0.15, 0.2) is 36.4 Å². The lowest BCUT2D eigenvalue weighted by molar-refractivity contribution is -0.160. The van der Waals surface area contributed by atoms with E-state index in [4.69, 9.17) is 9.72 Å². The van der Waals surface area contributed by atoms with Crippen LogP contribution < -0.4 is 20.1 Å². The highest BCUT2D eigenvalue weighted by molar-refractivity contribution is 7.91. The molecule has 298 valence electrons. The van der Waals surface area contributed by atoms with Gasteiger partial charge >= 0.3 is 12.3 Å². The van der Waals surface area contributed by atoms with Crippen molar-refractivity contribution in [1.29, 1.82) is 0 Å². The zero-order valence-electron chi connectivity index (χ0n) is 30.8. The number of nitrogens with zero attached hydrogens (tertiary/aromatic N) is 2. The average Bonchev–Trinajstić information content (AvgIpc) is 3.79. The first-order valence-electron chi connectivity index (χ1n) is 18.9. The zero-order chi connectivity index (χ0) is 39.4. The summed E-state index contributed by atoms with van der Waals surface area (Å²) < 4.78 is 77.5. The molecule has 4 amide bonds. The molecule has 0 bridgehead atoms. The van der Waals surface area contributed by atoms with E-state index in [2.05, 4.69) is 20.1 Å². The van der Waals surface area contributed by atoms with Gasteiger partial charge in [0, 0.05) is 23.3 Å². The number of allylic oxidation sites excluding steroid dienone is 1. The van der Waals surface area contributed by atoms with Crippen molar-refractivity contribution in [3.05, 3.63) is 47.7 Å². The summed E-state index contributed by atoms with van der Waals surface area (Å²) in [5.74, 6) is -2.28. The molecule has 0 radical (unpaired) electrons. The van der Waals surface area contributed by atoms with Gasteiger partial charge in [-0.05, 0) is 77.7 Å². The number of sulfonamides is 1. The second kappa shape index (κ2) is 14.3. The van der Waals surface area contributed by atoms with Gasteiger partial charge < -0.3 is 25.0 Å². The number of hydrogen-bond donors (Lipinski definition) is 3. The molecule has 2 aliphatic carbocycles. The summed E-state index contributed by atoms with van der Waals surface area (Å²) in [5, 5.41) is 6.12. The normalized spacial score (nSPS) is 29.3. The van der Waals surface area contributed by atoms with Crippen LogP contribution >= 0.6 is 0 Å².